The van der Waals surface area contributed by atoms with E-state index in [9.17, 15) is 19.0 Å². The number of hydrogen-bond acceptors (Lipinski definition) is 13. The number of aryl methyl sites for hydroxylation is 2. The van der Waals surface area contributed by atoms with Gasteiger partial charge in [-0.15, -0.1) is 11.6 Å². The molecular formula is C54H86B2Cl2N10O6Si2. The van der Waals surface area contributed by atoms with Crippen LogP contribution in [0.1, 0.15) is 103 Å². The third-order valence-corrected chi connectivity index (χ3v) is 23.8. The first-order valence-corrected chi connectivity index (χ1v) is 33.1. The number of likely N-dealkylation sites (tertiary alicyclic amines) is 1. The van der Waals surface area contributed by atoms with Crippen LogP contribution in [0.15, 0.2) is 70.9 Å². The molecule has 0 saturated carbocycles. The summed E-state index contributed by atoms with van der Waals surface area (Å²) in [4.78, 5) is 42.0. The third kappa shape index (κ3) is 22.0. The number of aliphatic imine (C=N–C) groups is 2. The molecule has 22 heteroatoms. The van der Waals surface area contributed by atoms with E-state index >= 15 is 0 Å². The fourth-order valence-corrected chi connectivity index (χ4v) is 10.1. The van der Waals surface area contributed by atoms with Gasteiger partial charge in [-0.25, -0.2) is 0 Å². The number of nitrogens with zero attached hydrogens (tertiary/aromatic N) is 7. The average Bonchev–Trinajstić information content (AvgIpc) is 3.91. The van der Waals surface area contributed by atoms with Crippen LogP contribution >= 0.6 is 23.2 Å². The predicted octanol–water partition coefficient (Wildman–Crippen LogP) is 9.07. The molecule has 4 N–H and O–H groups in total. The molecule has 2 aromatic heterocycles. The monoisotopic (exact) mass is 1120 g/mol. The summed E-state index contributed by atoms with van der Waals surface area (Å²) in [6.07, 6.45) is 10.3. The van der Waals surface area contributed by atoms with Gasteiger partial charge in [0.25, 0.3) is 0 Å². The number of carbonyl (C=O) groups is 2. The Balaban J connectivity index is 0.000000348. The minimum Gasteiger partial charge on any atom is -0.280 e. The number of benzene rings is 2. The summed E-state index contributed by atoms with van der Waals surface area (Å²) in [6.45, 7) is 32.4. The van der Waals surface area contributed by atoms with E-state index in [2.05, 4.69) is 160 Å². The van der Waals surface area contributed by atoms with Crippen LogP contribution in [0.2, 0.25) is 36.3 Å². The Morgan fingerprint density at radius 1 is 0.763 bits per heavy atom. The van der Waals surface area contributed by atoms with E-state index in [1.807, 2.05) is 31.1 Å². The molecular weight excluding hydrogens is 1030 g/mol. The Hall–Kier alpha value is -4.12. The second-order valence-corrected chi connectivity index (χ2v) is 32.7. The maximum atomic E-state index is 12.2. The molecule has 4 aromatic rings. The van der Waals surface area contributed by atoms with Gasteiger partial charge in [-0.2, -0.15) is 0 Å². The van der Waals surface area contributed by atoms with Crippen LogP contribution in [0.5, 0.6) is 0 Å². The van der Waals surface area contributed by atoms with Crippen molar-refractivity contribution < 1.29 is 27.9 Å². The SMILES string of the molecule is C1CNC1.CC(O[Si](C)(C)C(C)(C)C)c1nc(-c2ccc(CC(CN)N=CB=O)cc2)cn1C.CC(O[Si](C)(C)C(C)(C)C)c1nc(-c2ccc(CC(CNC(=O)CN3CCC3)N=CB=O)cc2)cn1C.O=C(Cl)CCl. The summed E-state index contributed by atoms with van der Waals surface area (Å²) < 4.78 is 38.5. The molecule has 2 fully saturated rings. The number of rotatable bonds is 22. The van der Waals surface area contributed by atoms with Crippen LogP contribution in [0.4, 0.5) is 0 Å². The summed E-state index contributed by atoms with van der Waals surface area (Å²) in [5.41, 5.74) is 11.9. The smallest absolute Gasteiger partial charge is 0.280 e. The molecule has 16 nitrogen and oxygen atoms in total. The van der Waals surface area contributed by atoms with Crippen LogP contribution in [0, 0.1) is 0 Å². The Labute approximate surface area is 467 Å². The number of halogens is 2. The second kappa shape index (κ2) is 31.5. The molecule has 6 rings (SSSR count). The number of hydrogen-bond donors (Lipinski definition) is 3. The Kier molecular flexibility index (Phi) is 27.4. The molecule has 2 aromatic carbocycles. The van der Waals surface area contributed by atoms with E-state index in [1.165, 1.54) is 31.7 Å². The zero-order valence-corrected chi connectivity index (χ0v) is 51.3. The van der Waals surface area contributed by atoms with E-state index in [-0.39, 0.29) is 46.2 Å². The predicted molar refractivity (Wildman–Crippen MR) is 318 cm³/mol. The van der Waals surface area contributed by atoms with Gasteiger partial charge >= 0.3 is 288 Å². The number of nitrogens with two attached hydrogens (primary N) is 1. The van der Waals surface area contributed by atoms with Gasteiger partial charge in [0.1, 0.15) is 0 Å². The van der Waals surface area contributed by atoms with Crippen LogP contribution < -0.4 is 16.4 Å². The molecule has 4 heterocycles. The first-order chi connectivity index (χ1) is 35.6. The molecule has 0 bridgehead atoms. The van der Waals surface area contributed by atoms with Crippen molar-refractivity contribution in [3.8, 4) is 22.5 Å². The van der Waals surface area contributed by atoms with Crippen LogP contribution in [0.3, 0.4) is 0 Å². The molecule has 2 aliphatic heterocycles. The molecule has 4 atom stereocenters. The number of carbonyl (C=O) groups excluding carboxylic acids is 2. The van der Waals surface area contributed by atoms with Crippen molar-refractivity contribution in [1.29, 1.82) is 0 Å². The van der Waals surface area contributed by atoms with Crippen LogP contribution in [-0.4, -0.2) is 142 Å². The topological polar surface area (TPSA) is 200 Å². The zero-order valence-electron chi connectivity index (χ0n) is 47.8. The normalized spacial score (nSPS) is 15.5. The van der Waals surface area contributed by atoms with Gasteiger partial charge in [-0.3, -0.25) is 4.79 Å². The minimum atomic E-state index is -1.91. The van der Waals surface area contributed by atoms with Crippen molar-refractivity contribution >= 4 is 77.5 Å². The summed E-state index contributed by atoms with van der Waals surface area (Å²) >= 11 is 9.55. The third-order valence-electron chi connectivity index (χ3n) is 14.2. The molecule has 0 radical (unpaired) electrons. The van der Waals surface area contributed by atoms with Gasteiger partial charge in [0, 0.05) is 0 Å². The van der Waals surface area contributed by atoms with E-state index < -0.39 is 21.9 Å². The van der Waals surface area contributed by atoms with Crippen molar-refractivity contribution in [3.63, 3.8) is 0 Å². The van der Waals surface area contributed by atoms with Crippen LogP contribution in [-0.2, 0) is 54.8 Å². The van der Waals surface area contributed by atoms with Gasteiger partial charge < -0.3 is 14.2 Å². The van der Waals surface area contributed by atoms with E-state index in [0.717, 1.165) is 64.8 Å². The van der Waals surface area contributed by atoms with Gasteiger partial charge in [0.2, 0.25) is 5.24 Å². The fraction of sp³-hybridized carbons (Fsp3) is 0.593. The molecule has 4 unspecified atom stereocenters. The maximum absolute atomic E-state index is 12.2. The zero-order chi connectivity index (χ0) is 56.9. The molecule has 2 saturated heterocycles. The summed E-state index contributed by atoms with van der Waals surface area (Å²) in [5, 5.41) is 5.85. The van der Waals surface area contributed by atoms with Crippen molar-refractivity contribution in [1.82, 2.24) is 34.6 Å². The molecule has 416 valence electrons. The van der Waals surface area contributed by atoms with Crippen molar-refractivity contribution in [3.05, 3.63) is 83.7 Å². The molecule has 76 heavy (non-hydrogen) atoms. The van der Waals surface area contributed by atoms with Crippen molar-refractivity contribution in [2.45, 2.75) is 142 Å². The number of imidazole rings is 2. The molecule has 2 aliphatic rings. The summed E-state index contributed by atoms with van der Waals surface area (Å²) in [5.74, 6) is 1.76. The van der Waals surface area contributed by atoms with Crippen molar-refractivity contribution in [2.24, 2.45) is 29.8 Å². The second-order valence-electron chi connectivity index (χ2n) is 22.5. The first kappa shape index (κ1) is 66.2. The van der Waals surface area contributed by atoms with E-state index in [4.69, 9.17) is 47.8 Å². The fourth-order valence-electron chi connectivity index (χ4n) is 7.40. The van der Waals surface area contributed by atoms with Gasteiger partial charge in [0.15, 0.2) is 16.6 Å². The standard InChI is InChI=1S/C27H42BN5O3Si.C22H35BN4O2Si.C3H7N.C2H2Cl2O/c1-20(36-37(6,7)27(2,3)4)26-31-24(17-32(26)5)22-11-9-21(10-12-22)15-23(30-19-28-35)16-29-25(34)18-33-13-8-14-33;1-16(29-30(6,7)22(2,3)4)21-26-20(14-27(21)5)18-10-8-17(9-11-18)12-19(13-24)25-15-23-28;1-2-4-3-1;3-1-2(4)5/h9-12,17,19-20,23H,8,13-16,18H2,1-7H3,(H,29,34);8-11,14-16,19H,12-13,24H2,1-7H3;4H,1-3H2;1H2. The Morgan fingerprint density at radius 3 is 1.46 bits per heavy atom. The number of amides is 1. The number of nitrogens with one attached hydrogen (secondary N) is 2. The average molecular weight is 1120 g/mol. The summed E-state index contributed by atoms with van der Waals surface area (Å²) in [6, 6.07) is 16.2. The number of aromatic nitrogens is 4. The first-order valence-electron chi connectivity index (χ1n) is 26.3. The number of alkyl halides is 1. The molecule has 1 amide bonds. The molecule has 0 aliphatic carbocycles. The Morgan fingerprint density at radius 2 is 1.14 bits per heavy atom. The summed E-state index contributed by atoms with van der Waals surface area (Å²) in [7, 11) is 1.59. The van der Waals surface area contributed by atoms with Crippen LogP contribution in [0.25, 0.3) is 22.5 Å². The van der Waals surface area contributed by atoms with E-state index in [0.29, 0.717) is 46.8 Å². The molecule has 0 spiro atoms. The minimum absolute atomic E-state index is 0.000862. The quantitative estimate of drug-likeness (QED) is 0.0294. The van der Waals surface area contributed by atoms with Crippen molar-refractivity contribution in [2.75, 3.05) is 51.7 Å². The van der Waals surface area contributed by atoms with Gasteiger partial charge in [-0.1, -0.05) is 41.5 Å². The Bertz CT molecular complexity index is 2480. The van der Waals surface area contributed by atoms with Gasteiger partial charge in [-0.05, 0) is 81.2 Å². The van der Waals surface area contributed by atoms with Gasteiger partial charge in [0.05, 0.1) is 5.88 Å². The van der Waals surface area contributed by atoms with E-state index in [1.54, 1.807) is 0 Å².